The maximum atomic E-state index is 12.0. The van der Waals surface area contributed by atoms with E-state index in [0.29, 0.717) is 11.5 Å². The van der Waals surface area contributed by atoms with Gasteiger partial charge in [0.15, 0.2) is 5.58 Å². The molecule has 1 N–H and O–H groups in total. The molecule has 1 aromatic heterocycles. The molecule has 0 aliphatic heterocycles. The molecule has 124 valence electrons. The van der Waals surface area contributed by atoms with Crippen LogP contribution < -0.4 is 10.1 Å². The number of amides is 1. The van der Waals surface area contributed by atoms with E-state index in [1.54, 1.807) is 7.11 Å². The zero-order valence-electron chi connectivity index (χ0n) is 14.2. The second-order valence-electron chi connectivity index (χ2n) is 6.63. The lowest BCUT2D eigenvalue weighted by Crippen LogP contribution is -2.27. The van der Waals surface area contributed by atoms with Crippen LogP contribution in [0.3, 0.4) is 0 Å². The Morgan fingerprint density at radius 3 is 2.46 bits per heavy atom. The van der Waals surface area contributed by atoms with E-state index in [-0.39, 0.29) is 5.91 Å². The van der Waals surface area contributed by atoms with E-state index in [1.165, 1.54) is 0 Å². The van der Waals surface area contributed by atoms with Gasteiger partial charge in [-0.1, -0.05) is 20.8 Å². The van der Waals surface area contributed by atoms with Crippen molar-refractivity contribution < 1.29 is 13.9 Å². The molecule has 2 aromatic carbocycles. The molecular weight excluding hydrogens is 304 g/mol. The van der Waals surface area contributed by atoms with E-state index in [0.717, 1.165) is 22.5 Å². The molecule has 0 aliphatic rings. The third kappa shape index (κ3) is 3.25. The summed E-state index contributed by atoms with van der Waals surface area (Å²) in [6.07, 6.45) is 0. The summed E-state index contributed by atoms with van der Waals surface area (Å²) in [4.78, 5) is 16.5. The van der Waals surface area contributed by atoms with Gasteiger partial charge in [0, 0.05) is 22.7 Å². The second-order valence-corrected chi connectivity index (χ2v) is 6.63. The van der Waals surface area contributed by atoms with Crippen LogP contribution >= 0.6 is 0 Å². The predicted octanol–water partition coefficient (Wildman–Crippen LogP) is 4.49. The van der Waals surface area contributed by atoms with E-state index < -0.39 is 5.41 Å². The number of carbonyl (C=O) groups excluding carboxylic acids is 1. The third-order valence-electron chi connectivity index (χ3n) is 3.67. The number of nitrogens with one attached hydrogen (secondary N) is 1. The summed E-state index contributed by atoms with van der Waals surface area (Å²) in [6, 6.07) is 12.9. The van der Waals surface area contributed by atoms with Crippen LogP contribution in [0.1, 0.15) is 20.8 Å². The van der Waals surface area contributed by atoms with E-state index in [1.807, 2.05) is 63.2 Å². The highest BCUT2D eigenvalue weighted by atomic mass is 16.5. The number of nitrogens with zero attached hydrogens (tertiary/aromatic N) is 1. The quantitative estimate of drug-likeness (QED) is 0.771. The Morgan fingerprint density at radius 2 is 1.83 bits per heavy atom. The number of methoxy groups -OCH3 is 1. The fourth-order valence-electron chi connectivity index (χ4n) is 2.17. The van der Waals surface area contributed by atoms with E-state index >= 15 is 0 Å². The van der Waals surface area contributed by atoms with Gasteiger partial charge in [0.25, 0.3) is 0 Å². The normalized spacial score (nSPS) is 11.5. The maximum Gasteiger partial charge on any atom is 0.229 e. The topological polar surface area (TPSA) is 64.4 Å². The molecule has 3 aromatic rings. The van der Waals surface area contributed by atoms with Crippen LogP contribution in [0.4, 0.5) is 5.69 Å². The summed E-state index contributed by atoms with van der Waals surface area (Å²) in [7, 11) is 1.62. The molecule has 0 saturated heterocycles. The first-order valence-corrected chi connectivity index (χ1v) is 7.73. The van der Waals surface area contributed by atoms with Crippen molar-refractivity contribution in [2.45, 2.75) is 20.8 Å². The van der Waals surface area contributed by atoms with Gasteiger partial charge < -0.3 is 14.5 Å². The van der Waals surface area contributed by atoms with Crippen LogP contribution in [0.25, 0.3) is 22.6 Å². The number of ether oxygens (including phenoxy) is 1. The highest BCUT2D eigenvalue weighted by Gasteiger charge is 2.21. The molecule has 1 heterocycles. The molecule has 0 radical (unpaired) electrons. The zero-order chi connectivity index (χ0) is 17.3. The number of anilines is 1. The van der Waals surface area contributed by atoms with Gasteiger partial charge in [-0.25, -0.2) is 4.98 Å². The van der Waals surface area contributed by atoms with Crippen LogP contribution in [-0.4, -0.2) is 18.0 Å². The number of rotatable bonds is 3. The number of fused-ring (bicyclic) bond motifs is 1. The summed E-state index contributed by atoms with van der Waals surface area (Å²) in [6.45, 7) is 5.63. The molecule has 5 heteroatoms. The molecule has 3 rings (SSSR count). The van der Waals surface area contributed by atoms with Gasteiger partial charge in [0.1, 0.15) is 11.3 Å². The first-order valence-electron chi connectivity index (χ1n) is 7.73. The minimum Gasteiger partial charge on any atom is -0.497 e. The molecule has 1 amide bonds. The summed E-state index contributed by atoms with van der Waals surface area (Å²) >= 11 is 0. The van der Waals surface area contributed by atoms with Crippen molar-refractivity contribution in [1.29, 1.82) is 0 Å². The number of benzene rings is 2. The fraction of sp³-hybridized carbons (Fsp3) is 0.263. The SMILES string of the molecule is COc1ccc2oc(-c3ccc(NC(=O)C(C)(C)C)cc3)nc2c1. The molecule has 0 bridgehead atoms. The molecule has 0 atom stereocenters. The Bertz CT molecular complexity index is 874. The average molecular weight is 324 g/mol. The summed E-state index contributed by atoms with van der Waals surface area (Å²) < 4.78 is 11.0. The minimum absolute atomic E-state index is 0.0239. The zero-order valence-corrected chi connectivity index (χ0v) is 14.2. The first kappa shape index (κ1) is 16.1. The Kier molecular flexibility index (Phi) is 4.01. The molecule has 0 saturated carbocycles. The van der Waals surface area contributed by atoms with Crippen molar-refractivity contribution in [3.05, 3.63) is 42.5 Å². The van der Waals surface area contributed by atoms with Crippen molar-refractivity contribution in [2.75, 3.05) is 12.4 Å². The van der Waals surface area contributed by atoms with Crippen LogP contribution in [-0.2, 0) is 4.79 Å². The molecule has 0 aliphatic carbocycles. The molecular formula is C19H20N2O3. The second kappa shape index (κ2) is 6.00. The van der Waals surface area contributed by atoms with Gasteiger partial charge >= 0.3 is 0 Å². The minimum atomic E-state index is -0.433. The molecule has 5 nitrogen and oxygen atoms in total. The summed E-state index contributed by atoms with van der Waals surface area (Å²) in [5, 5.41) is 2.90. The lowest BCUT2D eigenvalue weighted by molar-refractivity contribution is -0.123. The van der Waals surface area contributed by atoms with Crippen molar-refractivity contribution in [1.82, 2.24) is 4.98 Å². The lowest BCUT2D eigenvalue weighted by atomic mass is 9.95. The highest BCUT2D eigenvalue weighted by Crippen LogP contribution is 2.28. The number of hydrogen-bond donors (Lipinski definition) is 1. The number of oxazole rings is 1. The molecule has 0 fully saturated rings. The maximum absolute atomic E-state index is 12.0. The molecule has 24 heavy (non-hydrogen) atoms. The van der Waals surface area contributed by atoms with Crippen LogP contribution in [0, 0.1) is 5.41 Å². The van der Waals surface area contributed by atoms with Gasteiger partial charge in [-0.05, 0) is 36.4 Å². The van der Waals surface area contributed by atoms with Crippen molar-refractivity contribution >= 4 is 22.7 Å². The van der Waals surface area contributed by atoms with Crippen LogP contribution in [0.15, 0.2) is 46.9 Å². The largest absolute Gasteiger partial charge is 0.497 e. The van der Waals surface area contributed by atoms with Gasteiger partial charge in [-0.15, -0.1) is 0 Å². The Labute approximate surface area is 140 Å². The smallest absolute Gasteiger partial charge is 0.229 e. The van der Waals surface area contributed by atoms with Gasteiger partial charge in [0.05, 0.1) is 7.11 Å². The molecule has 0 unspecified atom stereocenters. The molecule has 0 spiro atoms. The van der Waals surface area contributed by atoms with Crippen molar-refractivity contribution in [2.24, 2.45) is 5.41 Å². The average Bonchev–Trinajstić information content (AvgIpc) is 2.97. The van der Waals surface area contributed by atoms with Crippen molar-refractivity contribution in [3.63, 3.8) is 0 Å². The summed E-state index contributed by atoms with van der Waals surface area (Å²) in [5.41, 5.74) is 2.61. The van der Waals surface area contributed by atoms with Crippen LogP contribution in [0.2, 0.25) is 0 Å². The van der Waals surface area contributed by atoms with Gasteiger partial charge in [0.2, 0.25) is 11.8 Å². The third-order valence-corrected chi connectivity index (χ3v) is 3.67. The Hall–Kier alpha value is -2.82. The standard InChI is InChI=1S/C19H20N2O3/c1-19(2,3)18(22)20-13-7-5-12(6-8-13)17-21-15-11-14(23-4)9-10-16(15)24-17/h5-11H,1-4H3,(H,20,22). The fourth-order valence-corrected chi connectivity index (χ4v) is 2.17. The predicted molar refractivity (Wildman–Crippen MR) is 94.1 cm³/mol. The Morgan fingerprint density at radius 1 is 1.12 bits per heavy atom. The van der Waals surface area contributed by atoms with Gasteiger partial charge in [-0.2, -0.15) is 0 Å². The van der Waals surface area contributed by atoms with Crippen LogP contribution in [0.5, 0.6) is 5.75 Å². The first-order chi connectivity index (χ1) is 11.4. The number of carbonyl (C=O) groups is 1. The van der Waals surface area contributed by atoms with E-state index in [9.17, 15) is 4.79 Å². The van der Waals surface area contributed by atoms with Crippen molar-refractivity contribution in [3.8, 4) is 17.2 Å². The lowest BCUT2D eigenvalue weighted by Gasteiger charge is -2.17. The van der Waals surface area contributed by atoms with E-state index in [4.69, 9.17) is 9.15 Å². The van der Waals surface area contributed by atoms with Gasteiger partial charge in [-0.3, -0.25) is 4.79 Å². The number of aromatic nitrogens is 1. The Balaban J connectivity index is 1.84. The van der Waals surface area contributed by atoms with E-state index in [2.05, 4.69) is 10.3 Å². The summed E-state index contributed by atoms with van der Waals surface area (Å²) in [5.74, 6) is 1.25. The highest BCUT2D eigenvalue weighted by molar-refractivity contribution is 5.94. The number of hydrogen-bond acceptors (Lipinski definition) is 4. The monoisotopic (exact) mass is 324 g/mol.